The van der Waals surface area contributed by atoms with Gasteiger partial charge >= 0.3 is 0 Å². The van der Waals surface area contributed by atoms with E-state index >= 15 is 0 Å². The quantitative estimate of drug-likeness (QED) is 0.668. The van der Waals surface area contributed by atoms with E-state index < -0.39 is 0 Å². The number of amides is 1. The van der Waals surface area contributed by atoms with Gasteiger partial charge in [-0.25, -0.2) is 10.8 Å². The molecule has 0 saturated carbocycles. The van der Waals surface area contributed by atoms with E-state index in [9.17, 15) is 4.79 Å². The highest BCUT2D eigenvalue weighted by Crippen LogP contribution is 2.29. The van der Waals surface area contributed by atoms with Crippen LogP contribution >= 0.6 is 0 Å². The number of hydrogen-bond donors (Lipinski definition) is 2. The van der Waals surface area contributed by atoms with Gasteiger partial charge in [0.05, 0.1) is 0 Å². The molecule has 0 atom stereocenters. The Morgan fingerprint density at radius 2 is 2.19 bits per heavy atom. The van der Waals surface area contributed by atoms with Crippen LogP contribution in [0.5, 0.6) is 0 Å². The zero-order chi connectivity index (χ0) is 14.8. The molecular formula is C16H18N4O. The minimum absolute atomic E-state index is 0.00597. The highest BCUT2D eigenvalue weighted by Gasteiger charge is 2.25. The lowest BCUT2D eigenvalue weighted by molar-refractivity contribution is 0.0989. The van der Waals surface area contributed by atoms with Crippen LogP contribution in [0, 0.1) is 0 Å². The summed E-state index contributed by atoms with van der Waals surface area (Å²) >= 11 is 0. The Balaban J connectivity index is 1.96. The number of anilines is 2. The second-order valence-corrected chi connectivity index (χ2v) is 5.07. The number of benzene rings is 1. The maximum atomic E-state index is 12.8. The number of nitrogens with two attached hydrogens (primary N) is 1. The van der Waals surface area contributed by atoms with Gasteiger partial charge in [0.25, 0.3) is 5.91 Å². The van der Waals surface area contributed by atoms with Gasteiger partial charge in [0.15, 0.2) is 0 Å². The van der Waals surface area contributed by atoms with Crippen molar-refractivity contribution >= 4 is 17.4 Å². The summed E-state index contributed by atoms with van der Waals surface area (Å²) in [4.78, 5) is 18.9. The maximum Gasteiger partial charge on any atom is 0.258 e. The number of pyridine rings is 1. The first-order chi connectivity index (χ1) is 10.2. The minimum Gasteiger partial charge on any atom is -0.308 e. The van der Waals surface area contributed by atoms with Crippen LogP contribution in [0.25, 0.3) is 0 Å². The van der Waals surface area contributed by atoms with Crippen LogP contribution in [0.3, 0.4) is 0 Å². The number of fused-ring (bicyclic) bond motifs is 1. The van der Waals surface area contributed by atoms with Crippen molar-refractivity contribution in [1.29, 1.82) is 0 Å². The fraction of sp³-hybridized carbons (Fsp3) is 0.250. The van der Waals surface area contributed by atoms with Crippen molar-refractivity contribution in [2.45, 2.75) is 19.8 Å². The Labute approximate surface area is 123 Å². The van der Waals surface area contributed by atoms with Gasteiger partial charge in [0.2, 0.25) is 0 Å². The second kappa shape index (κ2) is 5.54. The largest absolute Gasteiger partial charge is 0.308 e. The minimum atomic E-state index is -0.00597. The van der Waals surface area contributed by atoms with E-state index in [0.717, 1.165) is 24.2 Å². The van der Waals surface area contributed by atoms with Crippen LogP contribution in [0.2, 0.25) is 0 Å². The normalized spacial score (nSPS) is 13.1. The zero-order valence-electron chi connectivity index (χ0n) is 12.0. The molecule has 3 rings (SSSR count). The molecule has 0 unspecified atom stereocenters. The van der Waals surface area contributed by atoms with Gasteiger partial charge in [-0.2, -0.15) is 0 Å². The molecule has 0 aliphatic carbocycles. The number of nitrogen functional groups attached to an aromatic ring is 1. The number of hydrazine groups is 1. The zero-order valence-corrected chi connectivity index (χ0v) is 12.0. The first kappa shape index (κ1) is 13.6. The third-order valence-corrected chi connectivity index (χ3v) is 3.77. The van der Waals surface area contributed by atoms with Gasteiger partial charge in [-0.15, -0.1) is 0 Å². The van der Waals surface area contributed by atoms with Gasteiger partial charge < -0.3 is 10.3 Å². The number of aryl methyl sites for hydroxylation is 1. The SMILES string of the molecule is CCc1cc(C(=O)N2CCc3ccccc32)cc(NN)n1. The van der Waals surface area contributed by atoms with Crippen molar-refractivity contribution in [3.63, 3.8) is 0 Å². The number of carbonyl (C=O) groups excluding carboxylic acids is 1. The Morgan fingerprint density at radius 3 is 2.95 bits per heavy atom. The van der Waals surface area contributed by atoms with Gasteiger partial charge in [-0.1, -0.05) is 25.1 Å². The van der Waals surface area contributed by atoms with Crippen molar-refractivity contribution in [1.82, 2.24) is 4.98 Å². The summed E-state index contributed by atoms with van der Waals surface area (Å²) in [5.41, 5.74) is 6.21. The number of carbonyl (C=O) groups is 1. The Kier molecular flexibility index (Phi) is 3.58. The molecule has 0 radical (unpaired) electrons. The van der Waals surface area contributed by atoms with E-state index in [-0.39, 0.29) is 5.91 Å². The lowest BCUT2D eigenvalue weighted by atomic mass is 10.1. The molecule has 5 nitrogen and oxygen atoms in total. The topological polar surface area (TPSA) is 71.2 Å². The fourth-order valence-electron chi connectivity index (χ4n) is 2.67. The average molecular weight is 282 g/mol. The summed E-state index contributed by atoms with van der Waals surface area (Å²) in [5, 5.41) is 0. The third-order valence-electron chi connectivity index (χ3n) is 3.77. The molecule has 1 aliphatic heterocycles. The summed E-state index contributed by atoms with van der Waals surface area (Å²) in [6.45, 7) is 2.72. The summed E-state index contributed by atoms with van der Waals surface area (Å²) in [7, 11) is 0. The molecule has 0 fully saturated rings. The molecule has 0 bridgehead atoms. The summed E-state index contributed by atoms with van der Waals surface area (Å²) in [5.74, 6) is 5.95. The lowest BCUT2D eigenvalue weighted by Gasteiger charge is -2.18. The predicted molar refractivity (Wildman–Crippen MR) is 83.2 cm³/mol. The molecular weight excluding hydrogens is 264 g/mol. The number of para-hydroxylation sites is 1. The molecule has 1 aromatic carbocycles. The number of hydrogen-bond acceptors (Lipinski definition) is 4. The van der Waals surface area contributed by atoms with E-state index in [2.05, 4.69) is 16.5 Å². The van der Waals surface area contributed by atoms with Crippen molar-refractivity contribution in [2.24, 2.45) is 5.84 Å². The number of rotatable bonds is 3. The molecule has 1 amide bonds. The van der Waals surface area contributed by atoms with E-state index in [1.165, 1.54) is 5.56 Å². The average Bonchev–Trinajstić information content (AvgIpc) is 2.97. The molecule has 108 valence electrons. The van der Waals surface area contributed by atoms with E-state index in [1.807, 2.05) is 36.1 Å². The fourth-order valence-corrected chi connectivity index (χ4v) is 2.67. The van der Waals surface area contributed by atoms with Crippen LogP contribution in [-0.2, 0) is 12.8 Å². The van der Waals surface area contributed by atoms with Crippen molar-refractivity contribution in [2.75, 3.05) is 16.9 Å². The standard InChI is InChI=1S/C16H18N4O/c1-2-13-9-12(10-15(18-13)19-17)16(21)20-8-7-11-5-3-4-6-14(11)20/h3-6,9-10H,2,7-8,17H2,1H3,(H,18,19). The first-order valence-corrected chi connectivity index (χ1v) is 7.10. The van der Waals surface area contributed by atoms with Crippen LogP contribution in [0.15, 0.2) is 36.4 Å². The number of nitrogens with zero attached hydrogens (tertiary/aromatic N) is 2. The molecule has 21 heavy (non-hydrogen) atoms. The van der Waals surface area contributed by atoms with Crippen LogP contribution < -0.4 is 16.2 Å². The van der Waals surface area contributed by atoms with Gasteiger partial charge in [-0.3, -0.25) is 4.79 Å². The molecule has 2 heterocycles. The molecule has 2 aromatic rings. The Bertz CT molecular complexity index is 661. The smallest absolute Gasteiger partial charge is 0.258 e. The Morgan fingerprint density at radius 1 is 1.38 bits per heavy atom. The van der Waals surface area contributed by atoms with E-state index in [1.54, 1.807) is 6.07 Å². The van der Waals surface area contributed by atoms with E-state index in [0.29, 0.717) is 17.9 Å². The van der Waals surface area contributed by atoms with Gasteiger partial charge in [0.1, 0.15) is 5.82 Å². The van der Waals surface area contributed by atoms with Gasteiger partial charge in [0, 0.05) is 23.5 Å². The molecule has 1 aromatic heterocycles. The van der Waals surface area contributed by atoms with Crippen LogP contribution in [0.4, 0.5) is 11.5 Å². The van der Waals surface area contributed by atoms with Crippen LogP contribution in [-0.4, -0.2) is 17.4 Å². The highest BCUT2D eigenvalue weighted by molar-refractivity contribution is 6.07. The van der Waals surface area contributed by atoms with Gasteiger partial charge in [-0.05, 0) is 36.6 Å². The van der Waals surface area contributed by atoms with Crippen molar-refractivity contribution < 1.29 is 4.79 Å². The summed E-state index contributed by atoms with van der Waals surface area (Å²) < 4.78 is 0. The highest BCUT2D eigenvalue weighted by atomic mass is 16.2. The molecule has 3 N–H and O–H groups in total. The Hall–Kier alpha value is -2.40. The number of aromatic nitrogens is 1. The molecule has 0 spiro atoms. The van der Waals surface area contributed by atoms with Crippen molar-refractivity contribution in [3.8, 4) is 0 Å². The second-order valence-electron chi connectivity index (χ2n) is 5.07. The van der Waals surface area contributed by atoms with E-state index in [4.69, 9.17) is 5.84 Å². The maximum absolute atomic E-state index is 12.8. The molecule has 1 aliphatic rings. The third kappa shape index (κ3) is 2.48. The number of nitrogens with one attached hydrogen (secondary N) is 1. The summed E-state index contributed by atoms with van der Waals surface area (Å²) in [6.07, 6.45) is 1.65. The predicted octanol–water partition coefficient (Wildman–Crippen LogP) is 2.13. The lowest BCUT2D eigenvalue weighted by Crippen LogP contribution is -2.29. The monoisotopic (exact) mass is 282 g/mol. The van der Waals surface area contributed by atoms with Crippen LogP contribution in [0.1, 0.15) is 28.5 Å². The molecule has 0 saturated heterocycles. The molecule has 5 heteroatoms. The summed E-state index contributed by atoms with van der Waals surface area (Å²) in [6, 6.07) is 11.6. The first-order valence-electron chi connectivity index (χ1n) is 7.10. The van der Waals surface area contributed by atoms with Crippen molar-refractivity contribution in [3.05, 3.63) is 53.2 Å².